The second-order valence-electron chi connectivity index (χ2n) is 6.72. The summed E-state index contributed by atoms with van der Waals surface area (Å²) in [6.07, 6.45) is 5.59. The Morgan fingerprint density at radius 2 is 2.00 bits per heavy atom. The van der Waals surface area contributed by atoms with E-state index in [1.807, 2.05) is 0 Å². The zero-order valence-corrected chi connectivity index (χ0v) is 14.2. The van der Waals surface area contributed by atoms with Gasteiger partial charge in [-0.1, -0.05) is 33.6 Å². The van der Waals surface area contributed by atoms with Crippen molar-refractivity contribution in [2.75, 3.05) is 25.0 Å². The summed E-state index contributed by atoms with van der Waals surface area (Å²) in [5.41, 5.74) is 2.56. The topological polar surface area (TPSA) is 28.2 Å². The predicted molar refractivity (Wildman–Crippen MR) is 90.9 cm³/mol. The fraction of sp³-hybridized carbons (Fsp3) is 0.722. The molecule has 1 fully saturated rings. The van der Waals surface area contributed by atoms with Gasteiger partial charge < -0.3 is 10.2 Å². The summed E-state index contributed by atoms with van der Waals surface area (Å²) in [5.74, 6) is 2.47. The molecular weight excluding hydrogens is 258 g/mol. The highest BCUT2D eigenvalue weighted by atomic mass is 15.2. The second-order valence-corrected chi connectivity index (χ2v) is 6.72. The van der Waals surface area contributed by atoms with E-state index in [0.29, 0.717) is 5.92 Å². The van der Waals surface area contributed by atoms with Crippen molar-refractivity contribution in [3.8, 4) is 0 Å². The van der Waals surface area contributed by atoms with Gasteiger partial charge in [0.2, 0.25) is 0 Å². The molecule has 3 nitrogen and oxygen atoms in total. The van der Waals surface area contributed by atoms with E-state index in [-0.39, 0.29) is 0 Å². The lowest BCUT2D eigenvalue weighted by Gasteiger charge is -2.24. The molecule has 1 aromatic rings. The van der Waals surface area contributed by atoms with Crippen LogP contribution in [0.2, 0.25) is 0 Å². The average Bonchev–Trinajstić information content (AvgIpc) is 2.97. The third-order valence-electron chi connectivity index (χ3n) is 4.46. The SMILES string of the molecule is CCNCc1cc(C(C)C)nc(N(C)CC2CCCC2)c1. The Kier molecular flexibility index (Phi) is 6.04. The van der Waals surface area contributed by atoms with Gasteiger partial charge in [0.25, 0.3) is 0 Å². The van der Waals surface area contributed by atoms with Crippen LogP contribution >= 0.6 is 0 Å². The molecule has 1 N–H and O–H groups in total. The van der Waals surface area contributed by atoms with Gasteiger partial charge in [-0.2, -0.15) is 0 Å². The van der Waals surface area contributed by atoms with Gasteiger partial charge >= 0.3 is 0 Å². The first-order valence-electron chi connectivity index (χ1n) is 8.52. The molecule has 0 aromatic carbocycles. The van der Waals surface area contributed by atoms with Gasteiger partial charge in [-0.15, -0.1) is 0 Å². The first-order chi connectivity index (χ1) is 10.1. The molecule has 1 aliphatic rings. The molecule has 0 amide bonds. The molecule has 0 spiro atoms. The lowest BCUT2D eigenvalue weighted by atomic mass is 10.1. The molecule has 21 heavy (non-hydrogen) atoms. The van der Waals surface area contributed by atoms with Crippen molar-refractivity contribution in [3.05, 3.63) is 23.4 Å². The maximum atomic E-state index is 4.88. The molecule has 0 saturated heterocycles. The van der Waals surface area contributed by atoms with Crippen molar-refractivity contribution in [3.63, 3.8) is 0 Å². The molecule has 0 unspecified atom stereocenters. The first-order valence-corrected chi connectivity index (χ1v) is 8.52. The van der Waals surface area contributed by atoms with E-state index in [0.717, 1.165) is 31.4 Å². The standard InChI is InChI=1S/C18H31N3/c1-5-19-12-16-10-17(14(2)3)20-18(11-16)21(4)13-15-8-6-7-9-15/h10-11,14-15,19H,5-9,12-13H2,1-4H3. The first kappa shape index (κ1) is 16.3. The fourth-order valence-corrected chi connectivity index (χ4v) is 3.13. The fourth-order valence-electron chi connectivity index (χ4n) is 3.13. The third-order valence-corrected chi connectivity index (χ3v) is 4.46. The monoisotopic (exact) mass is 289 g/mol. The number of anilines is 1. The lowest BCUT2D eigenvalue weighted by molar-refractivity contribution is 0.544. The van der Waals surface area contributed by atoms with E-state index in [1.54, 1.807) is 0 Å². The maximum absolute atomic E-state index is 4.88. The molecule has 0 radical (unpaired) electrons. The van der Waals surface area contributed by atoms with Gasteiger partial charge in [0, 0.05) is 25.8 Å². The average molecular weight is 289 g/mol. The number of pyridine rings is 1. The van der Waals surface area contributed by atoms with Gasteiger partial charge in [-0.05, 0) is 48.9 Å². The van der Waals surface area contributed by atoms with Gasteiger partial charge in [-0.3, -0.25) is 0 Å². The number of aromatic nitrogens is 1. The largest absolute Gasteiger partial charge is 0.359 e. The van der Waals surface area contributed by atoms with Crippen molar-refractivity contribution in [2.45, 2.75) is 58.9 Å². The molecule has 1 aliphatic carbocycles. The third kappa shape index (κ3) is 4.70. The van der Waals surface area contributed by atoms with Crippen LogP contribution in [0.3, 0.4) is 0 Å². The van der Waals surface area contributed by atoms with Crippen LogP contribution in [0, 0.1) is 5.92 Å². The normalized spacial score (nSPS) is 15.9. The molecule has 0 bridgehead atoms. The summed E-state index contributed by atoms with van der Waals surface area (Å²) in [6.45, 7) is 9.68. The highest BCUT2D eigenvalue weighted by Gasteiger charge is 2.18. The van der Waals surface area contributed by atoms with Crippen LogP contribution in [0.25, 0.3) is 0 Å². The van der Waals surface area contributed by atoms with E-state index in [9.17, 15) is 0 Å². The Bertz CT molecular complexity index is 436. The lowest BCUT2D eigenvalue weighted by Crippen LogP contribution is -2.25. The van der Waals surface area contributed by atoms with Gasteiger partial charge in [0.1, 0.15) is 5.82 Å². The summed E-state index contributed by atoms with van der Waals surface area (Å²) in [5, 5.41) is 3.42. The minimum Gasteiger partial charge on any atom is -0.359 e. The van der Waals surface area contributed by atoms with Gasteiger partial charge in [0.15, 0.2) is 0 Å². The van der Waals surface area contributed by atoms with Crippen molar-refractivity contribution in [2.24, 2.45) is 5.92 Å². The molecule has 0 aliphatic heterocycles. The number of hydrogen-bond acceptors (Lipinski definition) is 3. The zero-order valence-electron chi connectivity index (χ0n) is 14.2. The minimum atomic E-state index is 0.477. The van der Waals surface area contributed by atoms with E-state index in [4.69, 9.17) is 4.98 Å². The van der Waals surface area contributed by atoms with Crippen molar-refractivity contribution < 1.29 is 0 Å². The Hall–Kier alpha value is -1.09. The van der Waals surface area contributed by atoms with Crippen LogP contribution in [0.5, 0.6) is 0 Å². The minimum absolute atomic E-state index is 0.477. The summed E-state index contributed by atoms with van der Waals surface area (Å²) < 4.78 is 0. The molecule has 3 heteroatoms. The van der Waals surface area contributed by atoms with E-state index < -0.39 is 0 Å². The van der Waals surface area contributed by atoms with E-state index in [1.165, 1.54) is 36.9 Å². The Morgan fingerprint density at radius 1 is 1.29 bits per heavy atom. The predicted octanol–water partition coefficient (Wildman–Crippen LogP) is 3.94. The van der Waals surface area contributed by atoms with Gasteiger partial charge in [-0.25, -0.2) is 4.98 Å². The quantitative estimate of drug-likeness (QED) is 0.824. The van der Waals surface area contributed by atoms with Crippen molar-refractivity contribution in [1.29, 1.82) is 0 Å². The van der Waals surface area contributed by atoms with Crippen LogP contribution < -0.4 is 10.2 Å². The molecule has 1 saturated carbocycles. The summed E-state index contributed by atoms with van der Waals surface area (Å²) in [6, 6.07) is 4.50. The van der Waals surface area contributed by atoms with Crippen LogP contribution in [-0.4, -0.2) is 25.1 Å². The van der Waals surface area contributed by atoms with Crippen LogP contribution in [-0.2, 0) is 6.54 Å². The van der Waals surface area contributed by atoms with Crippen molar-refractivity contribution >= 4 is 5.82 Å². The molecule has 0 atom stereocenters. The van der Waals surface area contributed by atoms with Crippen LogP contribution in [0.15, 0.2) is 12.1 Å². The molecule has 118 valence electrons. The zero-order chi connectivity index (χ0) is 15.2. The molecular formula is C18H31N3. The summed E-state index contributed by atoms with van der Waals surface area (Å²) in [4.78, 5) is 7.24. The van der Waals surface area contributed by atoms with Gasteiger partial charge in [0.05, 0.1) is 0 Å². The second kappa shape index (κ2) is 7.79. The molecule has 1 aromatic heterocycles. The summed E-state index contributed by atoms with van der Waals surface area (Å²) in [7, 11) is 2.20. The van der Waals surface area contributed by atoms with E-state index >= 15 is 0 Å². The summed E-state index contributed by atoms with van der Waals surface area (Å²) >= 11 is 0. The number of nitrogens with zero attached hydrogens (tertiary/aromatic N) is 2. The van der Waals surface area contributed by atoms with Crippen molar-refractivity contribution in [1.82, 2.24) is 10.3 Å². The number of hydrogen-bond donors (Lipinski definition) is 1. The van der Waals surface area contributed by atoms with Crippen LogP contribution in [0.4, 0.5) is 5.82 Å². The Morgan fingerprint density at radius 3 is 2.62 bits per heavy atom. The Labute approximate surface area is 130 Å². The number of rotatable bonds is 7. The highest BCUT2D eigenvalue weighted by Crippen LogP contribution is 2.27. The smallest absolute Gasteiger partial charge is 0.128 e. The maximum Gasteiger partial charge on any atom is 0.128 e. The highest BCUT2D eigenvalue weighted by molar-refractivity contribution is 5.42. The molecule has 1 heterocycles. The number of nitrogens with one attached hydrogen (secondary N) is 1. The van der Waals surface area contributed by atoms with Crippen LogP contribution in [0.1, 0.15) is 63.6 Å². The molecule has 2 rings (SSSR count). The Balaban J connectivity index is 2.13. The van der Waals surface area contributed by atoms with E-state index in [2.05, 4.69) is 50.2 Å².